The number of nitrogens with zero attached hydrogens (tertiary/aromatic N) is 2. The van der Waals surface area contributed by atoms with E-state index in [-0.39, 0.29) is 5.56 Å². The first-order chi connectivity index (χ1) is 9.54. The maximum atomic E-state index is 11.1. The standard InChI is InChI=1S/C13H15N3O4/c17-13(18)9-5-12(14-6-11(9)16(19)20)15-10-4-7-1-2-8(10)3-7/h5-8,10H,1-4H2,(H,14,15)(H,17,18). The first-order valence-electron chi connectivity index (χ1n) is 6.69. The summed E-state index contributed by atoms with van der Waals surface area (Å²) in [6.07, 6.45) is 5.78. The minimum Gasteiger partial charge on any atom is -0.477 e. The third-order valence-electron chi connectivity index (χ3n) is 4.38. The molecule has 2 saturated carbocycles. The van der Waals surface area contributed by atoms with Crippen molar-refractivity contribution in [2.75, 3.05) is 5.32 Å². The minimum atomic E-state index is -1.31. The predicted octanol–water partition coefficient (Wildman–Crippen LogP) is 2.29. The molecule has 0 amide bonds. The van der Waals surface area contributed by atoms with Crippen molar-refractivity contribution < 1.29 is 14.8 Å². The molecule has 0 radical (unpaired) electrons. The van der Waals surface area contributed by atoms with Gasteiger partial charge in [-0.2, -0.15) is 0 Å². The van der Waals surface area contributed by atoms with Gasteiger partial charge < -0.3 is 10.4 Å². The predicted molar refractivity (Wildman–Crippen MR) is 70.7 cm³/mol. The Bertz CT molecular complexity index is 575. The number of rotatable bonds is 4. The van der Waals surface area contributed by atoms with Gasteiger partial charge in [-0.1, -0.05) is 6.42 Å². The van der Waals surface area contributed by atoms with Crippen LogP contribution in [0.5, 0.6) is 0 Å². The number of anilines is 1. The fourth-order valence-electron chi connectivity index (χ4n) is 3.46. The number of aromatic carboxylic acids is 1. The summed E-state index contributed by atoms with van der Waals surface area (Å²) in [5.74, 6) is 0.473. The van der Waals surface area contributed by atoms with Crippen LogP contribution in [-0.4, -0.2) is 27.0 Å². The molecule has 20 heavy (non-hydrogen) atoms. The average Bonchev–Trinajstić information content (AvgIpc) is 3.00. The van der Waals surface area contributed by atoms with Crippen molar-refractivity contribution >= 4 is 17.5 Å². The number of pyridine rings is 1. The normalized spacial score (nSPS) is 27.5. The molecule has 3 unspecified atom stereocenters. The first kappa shape index (κ1) is 12.8. The molecule has 1 aromatic heterocycles. The van der Waals surface area contributed by atoms with Crippen molar-refractivity contribution in [3.63, 3.8) is 0 Å². The summed E-state index contributed by atoms with van der Waals surface area (Å²) in [5, 5.41) is 23.0. The lowest BCUT2D eigenvalue weighted by Gasteiger charge is -2.23. The van der Waals surface area contributed by atoms with Crippen LogP contribution in [0.4, 0.5) is 11.5 Å². The largest absolute Gasteiger partial charge is 0.477 e. The lowest BCUT2D eigenvalue weighted by molar-refractivity contribution is -0.385. The molecule has 3 atom stereocenters. The van der Waals surface area contributed by atoms with Crippen LogP contribution in [0, 0.1) is 22.0 Å². The quantitative estimate of drug-likeness (QED) is 0.646. The summed E-state index contributed by atoms with van der Waals surface area (Å²) in [6, 6.07) is 1.57. The van der Waals surface area contributed by atoms with E-state index >= 15 is 0 Å². The van der Waals surface area contributed by atoms with Gasteiger partial charge in [0.1, 0.15) is 17.6 Å². The Balaban J connectivity index is 1.82. The number of carboxylic acids is 1. The molecule has 106 valence electrons. The second kappa shape index (κ2) is 4.73. The second-order valence-electron chi connectivity index (χ2n) is 5.57. The van der Waals surface area contributed by atoms with Crippen molar-refractivity contribution in [3.05, 3.63) is 27.9 Å². The Labute approximate surface area is 115 Å². The summed E-state index contributed by atoms with van der Waals surface area (Å²) in [4.78, 5) is 25.1. The highest BCUT2D eigenvalue weighted by Gasteiger charge is 2.39. The number of aromatic nitrogens is 1. The van der Waals surface area contributed by atoms with Gasteiger partial charge in [0, 0.05) is 12.1 Å². The van der Waals surface area contributed by atoms with Crippen LogP contribution in [0.3, 0.4) is 0 Å². The fourth-order valence-corrected chi connectivity index (χ4v) is 3.46. The molecule has 2 aliphatic rings. The van der Waals surface area contributed by atoms with E-state index in [1.165, 1.54) is 25.3 Å². The third kappa shape index (κ3) is 2.19. The Morgan fingerprint density at radius 1 is 1.45 bits per heavy atom. The van der Waals surface area contributed by atoms with Gasteiger partial charge >= 0.3 is 11.7 Å². The molecule has 7 nitrogen and oxygen atoms in total. The number of hydrogen-bond acceptors (Lipinski definition) is 5. The van der Waals surface area contributed by atoms with Crippen LogP contribution in [0.1, 0.15) is 36.0 Å². The Kier molecular flexibility index (Phi) is 3.04. The minimum absolute atomic E-state index is 0.310. The van der Waals surface area contributed by atoms with Crippen LogP contribution in [0.2, 0.25) is 0 Å². The molecule has 0 aliphatic heterocycles. The molecule has 1 aromatic rings. The van der Waals surface area contributed by atoms with Crippen LogP contribution >= 0.6 is 0 Å². The molecule has 2 N–H and O–H groups in total. The van der Waals surface area contributed by atoms with Crippen LogP contribution in [0.15, 0.2) is 12.3 Å². The monoisotopic (exact) mass is 277 g/mol. The maximum Gasteiger partial charge on any atom is 0.342 e. The molecule has 2 aliphatic carbocycles. The highest BCUT2D eigenvalue weighted by molar-refractivity contribution is 5.93. The zero-order valence-corrected chi connectivity index (χ0v) is 10.8. The smallest absolute Gasteiger partial charge is 0.342 e. The number of nitrogens with one attached hydrogen (secondary N) is 1. The van der Waals surface area contributed by atoms with E-state index in [1.54, 1.807) is 0 Å². The summed E-state index contributed by atoms with van der Waals surface area (Å²) in [5.41, 5.74) is -0.799. The zero-order chi connectivity index (χ0) is 14.3. The van der Waals surface area contributed by atoms with E-state index in [0.29, 0.717) is 17.8 Å². The summed E-state index contributed by atoms with van der Waals surface area (Å²) in [6.45, 7) is 0. The first-order valence-corrected chi connectivity index (χ1v) is 6.69. The summed E-state index contributed by atoms with van der Waals surface area (Å²) < 4.78 is 0. The van der Waals surface area contributed by atoms with Crippen LogP contribution < -0.4 is 5.32 Å². The topological polar surface area (TPSA) is 105 Å². The molecule has 0 spiro atoms. The Morgan fingerprint density at radius 3 is 2.80 bits per heavy atom. The summed E-state index contributed by atoms with van der Waals surface area (Å²) in [7, 11) is 0. The molecular formula is C13H15N3O4. The second-order valence-corrected chi connectivity index (χ2v) is 5.57. The van der Waals surface area contributed by atoms with Gasteiger partial charge in [-0.25, -0.2) is 9.78 Å². The van der Waals surface area contributed by atoms with Gasteiger partial charge in [0.15, 0.2) is 0 Å². The van der Waals surface area contributed by atoms with Crippen molar-refractivity contribution in [1.29, 1.82) is 0 Å². The van der Waals surface area contributed by atoms with Gasteiger partial charge in [-0.3, -0.25) is 10.1 Å². The van der Waals surface area contributed by atoms with E-state index in [4.69, 9.17) is 5.11 Å². The van der Waals surface area contributed by atoms with E-state index in [2.05, 4.69) is 10.3 Å². The molecule has 0 aromatic carbocycles. The van der Waals surface area contributed by atoms with Gasteiger partial charge in [0.05, 0.1) is 4.92 Å². The Hall–Kier alpha value is -2.18. The number of fused-ring (bicyclic) bond motifs is 2. The molecule has 7 heteroatoms. The number of carbonyl (C=O) groups is 1. The van der Waals surface area contributed by atoms with E-state index < -0.39 is 16.6 Å². The zero-order valence-electron chi connectivity index (χ0n) is 10.8. The van der Waals surface area contributed by atoms with E-state index in [0.717, 1.165) is 18.5 Å². The molecule has 0 saturated heterocycles. The highest BCUT2D eigenvalue weighted by Crippen LogP contribution is 2.45. The van der Waals surface area contributed by atoms with Crippen LogP contribution in [0.25, 0.3) is 0 Å². The molecular weight excluding hydrogens is 262 g/mol. The maximum absolute atomic E-state index is 11.1. The average molecular weight is 277 g/mol. The number of carboxylic acid groups (broad SMARTS) is 1. The van der Waals surface area contributed by atoms with Crippen molar-refractivity contribution in [2.45, 2.75) is 31.7 Å². The third-order valence-corrected chi connectivity index (χ3v) is 4.38. The lowest BCUT2D eigenvalue weighted by atomic mass is 9.95. The van der Waals surface area contributed by atoms with Crippen molar-refractivity contribution in [3.8, 4) is 0 Å². The number of nitro groups is 1. The van der Waals surface area contributed by atoms with Crippen LogP contribution in [-0.2, 0) is 0 Å². The fraction of sp³-hybridized carbons (Fsp3) is 0.538. The molecule has 1 heterocycles. The lowest BCUT2D eigenvalue weighted by Crippen LogP contribution is -2.26. The molecule has 2 bridgehead atoms. The van der Waals surface area contributed by atoms with Gasteiger partial charge in [-0.15, -0.1) is 0 Å². The van der Waals surface area contributed by atoms with Gasteiger partial charge in [-0.05, 0) is 31.1 Å². The van der Waals surface area contributed by atoms with Gasteiger partial charge in [0.2, 0.25) is 0 Å². The van der Waals surface area contributed by atoms with E-state index in [9.17, 15) is 14.9 Å². The SMILES string of the molecule is O=C(O)c1cc(NC2CC3CCC2C3)ncc1[N+](=O)[O-]. The number of hydrogen-bond donors (Lipinski definition) is 2. The van der Waals surface area contributed by atoms with E-state index in [1.807, 2.05) is 0 Å². The molecule has 2 fully saturated rings. The van der Waals surface area contributed by atoms with Gasteiger partial charge in [0.25, 0.3) is 0 Å². The summed E-state index contributed by atoms with van der Waals surface area (Å²) >= 11 is 0. The van der Waals surface area contributed by atoms with Crippen molar-refractivity contribution in [1.82, 2.24) is 4.98 Å². The molecule has 3 rings (SSSR count). The van der Waals surface area contributed by atoms with Crippen molar-refractivity contribution in [2.24, 2.45) is 11.8 Å². The Morgan fingerprint density at radius 2 is 2.25 bits per heavy atom. The highest BCUT2D eigenvalue weighted by atomic mass is 16.6.